The molecule has 0 aliphatic carbocycles. The average Bonchev–Trinajstić information content (AvgIpc) is 2.91. The molecule has 0 fully saturated rings. The van der Waals surface area contributed by atoms with E-state index in [1.54, 1.807) is 62.6 Å². The number of benzene rings is 2. The third kappa shape index (κ3) is 10.3. The molecule has 0 radical (unpaired) electrons. The van der Waals surface area contributed by atoms with Gasteiger partial charge in [0.15, 0.2) is 0 Å². The largest absolute Gasteiger partial charge is 0.494 e. The van der Waals surface area contributed by atoms with Gasteiger partial charge in [0.1, 0.15) is 11.5 Å². The van der Waals surface area contributed by atoms with Crippen LogP contribution in [0.4, 0.5) is 0 Å². The number of ether oxygens (including phenoxy) is 2. The zero-order valence-electron chi connectivity index (χ0n) is 22.7. The molecule has 0 N–H and O–H groups in total. The van der Waals surface area contributed by atoms with Gasteiger partial charge in [0.05, 0.1) is 23.0 Å². The van der Waals surface area contributed by atoms with Crippen LogP contribution in [0.1, 0.15) is 39.5 Å². The lowest BCUT2D eigenvalue weighted by Crippen LogP contribution is -2.29. The van der Waals surface area contributed by atoms with Gasteiger partial charge in [-0.1, -0.05) is 48.3 Å². The first-order valence-electron chi connectivity index (χ1n) is 12.8. The predicted molar refractivity (Wildman–Crippen MR) is 158 cm³/mol. The number of rotatable bonds is 19. The topological polar surface area (TPSA) is 93.2 Å². The van der Waals surface area contributed by atoms with Crippen molar-refractivity contribution in [1.29, 1.82) is 0 Å². The first-order chi connectivity index (χ1) is 18.1. The standard InChI is InChI=1S/C26H40N2O6S4/c1-5-7-19-33-23-9-13-25(14-10-23)37(29,30)27(3)17-21-35-36-22-18-28(4)38(31,32)26-15-11-24(12-16-26)34-20-8-6-2/h9-16H,5-8,17-22H2,1-4H3. The van der Waals surface area contributed by atoms with Gasteiger partial charge >= 0.3 is 0 Å². The Labute approximate surface area is 237 Å². The molecule has 0 atom stereocenters. The van der Waals surface area contributed by atoms with Crippen LogP contribution in [0.25, 0.3) is 0 Å². The van der Waals surface area contributed by atoms with Crippen molar-refractivity contribution in [3.05, 3.63) is 48.5 Å². The molecule has 0 aliphatic rings. The summed E-state index contributed by atoms with van der Waals surface area (Å²) in [5.74, 6) is 2.48. The second-order valence-electron chi connectivity index (χ2n) is 8.64. The van der Waals surface area contributed by atoms with Gasteiger partial charge < -0.3 is 9.47 Å². The van der Waals surface area contributed by atoms with E-state index in [9.17, 15) is 16.8 Å². The molecule has 0 saturated carbocycles. The molecule has 0 aromatic heterocycles. The van der Waals surface area contributed by atoms with Crippen molar-refractivity contribution < 1.29 is 26.3 Å². The van der Waals surface area contributed by atoms with Crippen molar-refractivity contribution in [2.45, 2.75) is 49.3 Å². The van der Waals surface area contributed by atoms with E-state index in [1.165, 1.54) is 30.2 Å². The summed E-state index contributed by atoms with van der Waals surface area (Å²) in [4.78, 5) is 0.459. The van der Waals surface area contributed by atoms with Crippen LogP contribution in [0.3, 0.4) is 0 Å². The lowest BCUT2D eigenvalue weighted by atomic mass is 10.3. The fraction of sp³-hybridized carbons (Fsp3) is 0.538. The summed E-state index contributed by atoms with van der Waals surface area (Å²) >= 11 is 0. The van der Waals surface area contributed by atoms with E-state index in [4.69, 9.17) is 9.47 Å². The van der Waals surface area contributed by atoms with Crippen LogP contribution in [0.5, 0.6) is 11.5 Å². The van der Waals surface area contributed by atoms with Crippen molar-refractivity contribution in [1.82, 2.24) is 8.61 Å². The number of sulfonamides is 2. The van der Waals surface area contributed by atoms with Crippen LogP contribution in [-0.2, 0) is 20.0 Å². The van der Waals surface area contributed by atoms with Gasteiger partial charge in [-0.25, -0.2) is 25.4 Å². The molecule has 214 valence electrons. The molecule has 2 aromatic carbocycles. The Hall–Kier alpha value is -1.44. The second-order valence-corrected chi connectivity index (χ2v) is 15.4. The minimum atomic E-state index is -3.59. The van der Waals surface area contributed by atoms with Gasteiger partial charge in [-0.05, 0) is 61.4 Å². The first kappa shape index (κ1) is 32.8. The maximum atomic E-state index is 12.8. The molecule has 0 spiro atoms. The highest BCUT2D eigenvalue weighted by molar-refractivity contribution is 8.76. The Bertz CT molecular complexity index is 1060. The Morgan fingerprint density at radius 3 is 1.29 bits per heavy atom. The van der Waals surface area contributed by atoms with Crippen LogP contribution in [0, 0.1) is 0 Å². The third-order valence-electron chi connectivity index (χ3n) is 5.66. The summed E-state index contributed by atoms with van der Waals surface area (Å²) in [6.07, 6.45) is 3.97. The molecule has 8 nitrogen and oxygen atoms in total. The Kier molecular flexibility index (Phi) is 14.3. The summed E-state index contributed by atoms with van der Waals surface area (Å²) in [6, 6.07) is 13.0. The summed E-state index contributed by atoms with van der Waals surface area (Å²) in [7, 11) is -1.01. The number of hydrogen-bond donors (Lipinski definition) is 0. The molecule has 0 unspecified atom stereocenters. The van der Waals surface area contributed by atoms with Crippen molar-refractivity contribution in [3.8, 4) is 11.5 Å². The highest BCUT2D eigenvalue weighted by Crippen LogP contribution is 2.25. The van der Waals surface area contributed by atoms with Gasteiger partial charge in [0, 0.05) is 38.7 Å². The molecule has 12 heteroatoms. The second kappa shape index (κ2) is 16.6. The minimum absolute atomic E-state index is 0.230. The number of unbranched alkanes of at least 4 members (excludes halogenated alkanes) is 2. The zero-order valence-corrected chi connectivity index (χ0v) is 25.9. The molecule has 2 aromatic rings. The van der Waals surface area contributed by atoms with E-state index < -0.39 is 20.0 Å². The number of nitrogens with zero attached hydrogens (tertiary/aromatic N) is 2. The van der Waals surface area contributed by atoms with E-state index in [1.807, 2.05) is 0 Å². The molecule has 0 amide bonds. The van der Waals surface area contributed by atoms with Crippen molar-refractivity contribution in [2.75, 3.05) is 51.9 Å². The van der Waals surface area contributed by atoms with Crippen LogP contribution in [-0.4, -0.2) is 77.4 Å². The molecule has 0 aliphatic heterocycles. The smallest absolute Gasteiger partial charge is 0.242 e. The van der Waals surface area contributed by atoms with E-state index in [-0.39, 0.29) is 9.79 Å². The summed E-state index contributed by atoms with van der Waals surface area (Å²) in [5, 5.41) is 0. The average molecular weight is 605 g/mol. The Balaban J connectivity index is 1.73. The van der Waals surface area contributed by atoms with Crippen molar-refractivity contribution in [2.24, 2.45) is 0 Å². The van der Waals surface area contributed by atoms with Crippen LogP contribution < -0.4 is 9.47 Å². The van der Waals surface area contributed by atoms with Crippen LogP contribution in [0.15, 0.2) is 58.3 Å². The fourth-order valence-electron chi connectivity index (χ4n) is 3.13. The maximum Gasteiger partial charge on any atom is 0.242 e. The molecule has 2 rings (SSSR count). The maximum absolute atomic E-state index is 12.8. The predicted octanol–water partition coefficient (Wildman–Crippen LogP) is 5.37. The lowest BCUT2D eigenvalue weighted by Gasteiger charge is -2.18. The number of hydrogen-bond acceptors (Lipinski definition) is 8. The van der Waals surface area contributed by atoms with Gasteiger partial charge in [-0.3, -0.25) is 0 Å². The SMILES string of the molecule is CCCCOc1ccc(S(=O)(=O)N(C)CCSSCCN(C)S(=O)(=O)c2ccc(OCCCC)cc2)cc1. The third-order valence-corrected chi connectivity index (χ3v) is 11.8. The highest BCUT2D eigenvalue weighted by atomic mass is 33.1. The molecule has 0 heterocycles. The molecular weight excluding hydrogens is 565 g/mol. The minimum Gasteiger partial charge on any atom is -0.494 e. The van der Waals surface area contributed by atoms with Crippen molar-refractivity contribution >= 4 is 41.6 Å². The molecule has 0 bridgehead atoms. The molecule has 0 saturated heterocycles. The van der Waals surface area contributed by atoms with Crippen LogP contribution >= 0.6 is 21.6 Å². The highest BCUT2D eigenvalue weighted by Gasteiger charge is 2.22. The zero-order chi connectivity index (χ0) is 28.0. The van der Waals surface area contributed by atoms with Gasteiger partial charge in [0.25, 0.3) is 0 Å². The van der Waals surface area contributed by atoms with Gasteiger partial charge in [0.2, 0.25) is 20.0 Å². The summed E-state index contributed by atoms with van der Waals surface area (Å²) in [5.41, 5.74) is 0. The fourth-order valence-corrected chi connectivity index (χ4v) is 7.80. The van der Waals surface area contributed by atoms with Gasteiger partial charge in [-0.15, -0.1) is 0 Å². The first-order valence-corrected chi connectivity index (χ1v) is 18.1. The van der Waals surface area contributed by atoms with Crippen LogP contribution in [0.2, 0.25) is 0 Å². The van der Waals surface area contributed by atoms with Crippen molar-refractivity contribution in [3.63, 3.8) is 0 Å². The van der Waals surface area contributed by atoms with E-state index >= 15 is 0 Å². The summed E-state index contributed by atoms with van der Waals surface area (Å²) in [6.45, 7) is 6.08. The van der Waals surface area contributed by atoms with Gasteiger partial charge in [-0.2, -0.15) is 0 Å². The van der Waals surface area contributed by atoms with E-state index in [0.717, 1.165) is 25.7 Å². The molecule has 38 heavy (non-hydrogen) atoms. The van der Waals surface area contributed by atoms with E-state index in [0.29, 0.717) is 49.3 Å². The quantitative estimate of drug-likeness (QED) is 0.156. The van der Waals surface area contributed by atoms with E-state index in [2.05, 4.69) is 13.8 Å². The normalized spacial score (nSPS) is 12.3. The Morgan fingerprint density at radius 2 is 0.974 bits per heavy atom. The summed E-state index contributed by atoms with van der Waals surface area (Å²) < 4.78 is 65.2. The monoisotopic (exact) mass is 604 g/mol. The molecular formula is C26H40N2O6S4. The Morgan fingerprint density at radius 1 is 0.632 bits per heavy atom. The lowest BCUT2D eigenvalue weighted by molar-refractivity contribution is 0.309.